The molecule has 0 aromatic carbocycles. The predicted molar refractivity (Wildman–Crippen MR) is 86.3 cm³/mol. The second-order valence-corrected chi connectivity index (χ2v) is 6.90. The lowest BCUT2D eigenvalue weighted by Gasteiger charge is -2.48. The number of nitrogens with one attached hydrogen (secondary N) is 1. The fourth-order valence-corrected chi connectivity index (χ4v) is 4.09. The van der Waals surface area contributed by atoms with Gasteiger partial charge in [0.25, 0.3) is 0 Å². The number of piperazine rings is 1. The lowest BCUT2D eigenvalue weighted by atomic mass is 9.90. The summed E-state index contributed by atoms with van der Waals surface area (Å²) < 4.78 is 2.09. The molecule has 4 heteroatoms. The van der Waals surface area contributed by atoms with Gasteiger partial charge in [-0.05, 0) is 31.7 Å². The number of aryl methyl sites for hydroxylation is 2. The van der Waals surface area contributed by atoms with Crippen molar-refractivity contribution in [2.24, 2.45) is 7.05 Å². The molecule has 1 N–H and O–H groups in total. The van der Waals surface area contributed by atoms with Crippen LogP contribution >= 0.6 is 0 Å². The Labute approximate surface area is 128 Å². The summed E-state index contributed by atoms with van der Waals surface area (Å²) in [6, 6.07) is 2.95. The maximum Gasteiger partial charge on any atom is 0.0625 e. The summed E-state index contributed by atoms with van der Waals surface area (Å²) in [7, 11) is 2.09. The highest BCUT2D eigenvalue weighted by molar-refractivity contribution is 5.12. The van der Waals surface area contributed by atoms with Gasteiger partial charge in [-0.2, -0.15) is 5.10 Å². The topological polar surface area (TPSA) is 33.1 Å². The molecule has 1 aliphatic carbocycles. The molecule has 0 radical (unpaired) electrons. The van der Waals surface area contributed by atoms with E-state index in [1.165, 1.54) is 56.6 Å². The van der Waals surface area contributed by atoms with E-state index in [0.29, 0.717) is 11.6 Å². The van der Waals surface area contributed by atoms with E-state index in [9.17, 15) is 0 Å². The van der Waals surface area contributed by atoms with Crippen LogP contribution < -0.4 is 5.32 Å². The van der Waals surface area contributed by atoms with Crippen LogP contribution in [0.4, 0.5) is 0 Å². The average molecular weight is 290 g/mol. The van der Waals surface area contributed by atoms with E-state index in [1.807, 2.05) is 0 Å². The van der Waals surface area contributed by atoms with Crippen molar-refractivity contribution in [2.75, 3.05) is 13.1 Å². The Bertz CT molecular complexity index is 473. The Kier molecular flexibility index (Phi) is 4.36. The second kappa shape index (κ2) is 6.09. The van der Waals surface area contributed by atoms with E-state index >= 15 is 0 Å². The summed E-state index contributed by atoms with van der Waals surface area (Å²) in [6.07, 6.45) is 7.74. The minimum Gasteiger partial charge on any atom is -0.311 e. The Morgan fingerprint density at radius 1 is 1.33 bits per heavy atom. The van der Waals surface area contributed by atoms with Crippen LogP contribution in [0.5, 0.6) is 0 Å². The van der Waals surface area contributed by atoms with E-state index in [0.717, 1.165) is 13.0 Å². The van der Waals surface area contributed by atoms with E-state index < -0.39 is 0 Å². The fourth-order valence-electron chi connectivity index (χ4n) is 4.09. The van der Waals surface area contributed by atoms with Crippen molar-refractivity contribution >= 4 is 0 Å². The minimum atomic E-state index is 0.405. The van der Waals surface area contributed by atoms with Crippen LogP contribution in [0.1, 0.15) is 57.3 Å². The van der Waals surface area contributed by atoms with E-state index in [1.54, 1.807) is 0 Å². The van der Waals surface area contributed by atoms with Gasteiger partial charge in [0.05, 0.1) is 11.4 Å². The highest BCUT2D eigenvalue weighted by Gasteiger charge is 2.43. The highest BCUT2D eigenvalue weighted by Crippen LogP contribution is 2.38. The molecule has 1 aliphatic heterocycles. The van der Waals surface area contributed by atoms with Crippen molar-refractivity contribution in [3.63, 3.8) is 0 Å². The molecule has 0 amide bonds. The normalized spacial score (nSPS) is 25.8. The molecule has 1 spiro atoms. The van der Waals surface area contributed by atoms with E-state index in [4.69, 9.17) is 0 Å². The Morgan fingerprint density at radius 3 is 2.71 bits per heavy atom. The van der Waals surface area contributed by atoms with Crippen LogP contribution in [0.25, 0.3) is 0 Å². The van der Waals surface area contributed by atoms with Gasteiger partial charge in [-0.3, -0.25) is 9.58 Å². The summed E-state index contributed by atoms with van der Waals surface area (Å²) >= 11 is 0. The summed E-state index contributed by atoms with van der Waals surface area (Å²) in [6.45, 7) is 7.89. The largest absolute Gasteiger partial charge is 0.311 e. The zero-order valence-corrected chi connectivity index (χ0v) is 13.9. The zero-order valence-electron chi connectivity index (χ0n) is 13.9. The molecule has 1 aromatic heterocycles. The quantitative estimate of drug-likeness (QED) is 0.925. The monoisotopic (exact) mass is 290 g/mol. The first-order chi connectivity index (χ1) is 10.2. The lowest BCUT2D eigenvalue weighted by Crippen LogP contribution is -2.63. The first kappa shape index (κ1) is 15.0. The third-order valence-electron chi connectivity index (χ3n) is 5.60. The number of aromatic nitrogens is 2. The van der Waals surface area contributed by atoms with Gasteiger partial charge < -0.3 is 5.32 Å². The van der Waals surface area contributed by atoms with Crippen molar-refractivity contribution < 1.29 is 0 Å². The van der Waals surface area contributed by atoms with Crippen molar-refractivity contribution in [1.82, 2.24) is 20.0 Å². The molecule has 2 heterocycles. The Morgan fingerprint density at radius 2 is 2.10 bits per heavy atom. The SMILES string of the molecule is CCc1cc(CN2CC(CC)NCC23CCCC3)n(C)n1. The molecule has 1 atom stereocenters. The average Bonchev–Trinajstić information content (AvgIpc) is 3.10. The maximum absolute atomic E-state index is 4.62. The molecule has 21 heavy (non-hydrogen) atoms. The fraction of sp³-hybridized carbons (Fsp3) is 0.824. The molecule has 118 valence electrons. The van der Waals surface area contributed by atoms with Gasteiger partial charge in [0, 0.05) is 38.3 Å². The van der Waals surface area contributed by atoms with Crippen molar-refractivity contribution in [1.29, 1.82) is 0 Å². The first-order valence-corrected chi connectivity index (χ1v) is 8.67. The van der Waals surface area contributed by atoms with Crippen LogP contribution in [-0.2, 0) is 20.0 Å². The van der Waals surface area contributed by atoms with Crippen LogP contribution in [-0.4, -0.2) is 39.4 Å². The number of hydrogen-bond acceptors (Lipinski definition) is 3. The molecule has 1 saturated carbocycles. The molecule has 2 aliphatic rings. The van der Waals surface area contributed by atoms with Gasteiger partial charge in [-0.1, -0.05) is 26.7 Å². The van der Waals surface area contributed by atoms with Crippen LogP contribution in [0, 0.1) is 0 Å². The Balaban J connectivity index is 1.80. The second-order valence-electron chi connectivity index (χ2n) is 6.90. The molecular weight excluding hydrogens is 260 g/mol. The maximum atomic E-state index is 4.62. The molecule has 1 unspecified atom stereocenters. The summed E-state index contributed by atoms with van der Waals surface area (Å²) in [4.78, 5) is 2.76. The third kappa shape index (κ3) is 2.88. The number of nitrogens with zero attached hydrogens (tertiary/aromatic N) is 3. The molecule has 0 bridgehead atoms. The van der Waals surface area contributed by atoms with Gasteiger partial charge in [-0.15, -0.1) is 0 Å². The number of rotatable bonds is 4. The molecular formula is C17H30N4. The molecule has 1 saturated heterocycles. The third-order valence-corrected chi connectivity index (χ3v) is 5.60. The smallest absolute Gasteiger partial charge is 0.0625 e. The van der Waals surface area contributed by atoms with Crippen LogP contribution in [0.15, 0.2) is 6.07 Å². The van der Waals surface area contributed by atoms with Gasteiger partial charge in [0.1, 0.15) is 0 Å². The van der Waals surface area contributed by atoms with Gasteiger partial charge in [-0.25, -0.2) is 0 Å². The lowest BCUT2D eigenvalue weighted by molar-refractivity contribution is 0.0330. The van der Waals surface area contributed by atoms with Gasteiger partial charge in [0.2, 0.25) is 0 Å². The molecule has 3 rings (SSSR count). The van der Waals surface area contributed by atoms with Crippen LogP contribution in [0.2, 0.25) is 0 Å². The van der Waals surface area contributed by atoms with Crippen molar-refractivity contribution in [3.05, 3.63) is 17.5 Å². The predicted octanol–water partition coefficient (Wildman–Crippen LogP) is 2.48. The molecule has 2 fully saturated rings. The van der Waals surface area contributed by atoms with E-state index in [2.05, 4.69) is 47.0 Å². The highest BCUT2D eigenvalue weighted by atomic mass is 15.3. The minimum absolute atomic E-state index is 0.405. The molecule has 4 nitrogen and oxygen atoms in total. The zero-order chi connectivity index (χ0) is 14.9. The van der Waals surface area contributed by atoms with Crippen LogP contribution in [0.3, 0.4) is 0 Å². The summed E-state index contributed by atoms with van der Waals surface area (Å²) in [5, 5.41) is 8.41. The summed E-state index contributed by atoms with van der Waals surface area (Å²) in [5.41, 5.74) is 2.99. The molecule has 1 aromatic rings. The first-order valence-electron chi connectivity index (χ1n) is 8.67. The van der Waals surface area contributed by atoms with Crippen molar-refractivity contribution in [3.8, 4) is 0 Å². The Hall–Kier alpha value is -0.870. The number of hydrogen-bond donors (Lipinski definition) is 1. The van der Waals surface area contributed by atoms with E-state index in [-0.39, 0.29) is 0 Å². The van der Waals surface area contributed by atoms with Gasteiger partial charge in [0.15, 0.2) is 0 Å². The van der Waals surface area contributed by atoms with Gasteiger partial charge >= 0.3 is 0 Å². The standard InChI is InChI=1S/C17H30N4/c1-4-14-10-16(20(3)19-14)12-21-11-15(5-2)18-13-17(21)8-6-7-9-17/h10,15,18H,4-9,11-13H2,1-3H3. The summed E-state index contributed by atoms with van der Waals surface area (Å²) in [5.74, 6) is 0. The van der Waals surface area contributed by atoms with Crippen molar-refractivity contribution in [2.45, 2.75) is 70.5 Å².